The second kappa shape index (κ2) is 6.55. The Bertz CT molecular complexity index is 386. The Labute approximate surface area is 110 Å². The molecule has 1 unspecified atom stereocenters. The maximum atomic E-state index is 11.9. The fourth-order valence-corrected chi connectivity index (χ4v) is 2.20. The zero-order valence-electron chi connectivity index (χ0n) is 11.6. The summed E-state index contributed by atoms with van der Waals surface area (Å²) in [5.74, 6) is -0.303. The molecular weight excluding hydrogens is 224 g/mol. The Morgan fingerprint density at radius 1 is 1.22 bits per heavy atom. The molecule has 0 heterocycles. The normalized spacial score (nSPS) is 14.2. The third-order valence-electron chi connectivity index (χ3n) is 3.48. The van der Waals surface area contributed by atoms with Crippen LogP contribution in [0.25, 0.3) is 0 Å². The van der Waals surface area contributed by atoms with Crippen LogP contribution in [0.4, 0.5) is 0 Å². The molecule has 0 saturated carbocycles. The summed E-state index contributed by atoms with van der Waals surface area (Å²) >= 11 is 0. The van der Waals surface area contributed by atoms with Crippen molar-refractivity contribution in [1.82, 2.24) is 5.32 Å². The van der Waals surface area contributed by atoms with E-state index in [0.29, 0.717) is 6.42 Å². The van der Waals surface area contributed by atoms with Crippen LogP contribution in [0.15, 0.2) is 24.3 Å². The van der Waals surface area contributed by atoms with E-state index >= 15 is 0 Å². The van der Waals surface area contributed by atoms with Gasteiger partial charge in [0.2, 0.25) is 5.91 Å². The summed E-state index contributed by atoms with van der Waals surface area (Å²) < 4.78 is 0. The first-order valence-electron chi connectivity index (χ1n) is 6.75. The zero-order chi connectivity index (χ0) is 13.6. The maximum absolute atomic E-state index is 11.9. The molecule has 3 nitrogen and oxygen atoms in total. The van der Waals surface area contributed by atoms with Gasteiger partial charge in [-0.25, -0.2) is 0 Å². The molecule has 0 fully saturated rings. The average molecular weight is 248 g/mol. The van der Waals surface area contributed by atoms with Gasteiger partial charge >= 0.3 is 0 Å². The van der Waals surface area contributed by atoms with Gasteiger partial charge in [0.15, 0.2) is 0 Å². The number of rotatable bonds is 7. The second-order valence-electron chi connectivity index (χ2n) is 4.60. The van der Waals surface area contributed by atoms with Gasteiger partial charge in [-0.05, 0) is 36.9 Å². The Kier molecular flexibility index (Phi) is 5.35. The van der Waals surface area contributed by atoms with E-state index in [0.717, 1.165) is 24.9 Å². The van der Waals surface area contributed by atoms with Gasteiger partial charge in [0.1, 0.15) is 5.54 Å². The highest BCUT2D eigenvalue weighted by Gasteiger charge is 2.35. The van der Waals surface area contributed by atoms with E-state index in [1.54, 1.807) is 0 Å². The summed E-state index contributed by atoms with van der Waals surface area (Å²) in [6.07, 6.45) is 2.63. The van der Waals surface area contributed by atoms with E-state index in [-0.39, 0.29) is 5.91 Å². The topological polar surface area (TPSA) is 55.1 Å². The van der Waals surface area contributed by atoms with E-state index in [1.807, 2.05) is 19.1 Å². The first-order chi connectivity index (χ1) is 8.60. The molecule has 1 amide bonds. The number of benzene rings is 1. The Morgan fingerprint density at radius 3 is 2.22 bits per heavy atom. The number of nitrogens with two attached hydrogens (primary N) is 1. The van der Waals surface area contributed by atoms with Crippen LogP contribution >= 0.6 is 0 Å². The highest BCUT2D eigenvalue weighted by atomic mass is 16.1. The van der Waals surface area contributed by atoms with Crippen LogP contribution in [0.3, 0.4) is 0 Å². The van der Waals surface area contributed by atoms with Crippen molar-refractivity contribution in [3.05, 3.63) is 35.4 Å². The lowest BCUT2D eigenvalue weighted by Crippen LogP contribution is -2.52. The molecule has 1 rings (SSSR count). The smallest absolute Gasteiger partial charge is 0.242 e. The van der Waals surface area contributed by atoms with Gasteiger partial charge in [-0.3, -0.25) is 10.1 Å². The molecule has 0 radical (unpaired) electrons. The molecule has 1 aromatic carbocycles. The number of hydrogen-bond acceptors (Lipinski definition) is 2. The van der Waals surface area contributed by atoms with Gasteiger partial charge in [0, 0.05) is 0 Å². The third-order valence-corrected chi connectivity index (χ3v) is 3.48. The van der Waals surface area contributed by atoms with Gasteiger partial charge in [-0.2, -0.15) is 0 Å². The van der Waals surface area contributed by atoms with E-state index < -0.39 is 5.54 Å². The van der Waals surface area contributed by atoms with Crippen LogP contribution in [0, 0.1) is 0 Å². The third kappa shape index (κ3) is 2.91. The molecule has 3 heteroatoms. The number of carbonyl (C=O) groups excluding carboxylic acids is 1. The summed E-state index contributed by atoms with van der Waals surface area (Å²) in [6.45, 7) is 6.97. The molecule has 0 aliphatic rings. The summed E-state index contributed by atoms with van der Waals surface area (Å²) in [7, 11) is 0. The Balaban J connectivity index is 3.10. The molecule has 1 atom stereocenters. The number of nitrogens with one attached hydrogen (secondary N) is 1. The van der Waals surface area contributed by atoms with Crippen LogP contribution in [0.1, 0.15) is 44.7 Å². The molecule has 0 saturated heterocycles. The van der Waals surface area contributed by atoms with Crippen molar-refractivity contribution in [1.29, 1.82) is 0 Å². The summed E-state index contributed by atoms with van der Waals surface area (Å²) in [6, 6.07) is 8.15. The molecule has 0 aliphatic heterocycles. The number of amides is 1. The largest absolute Gasteiger partial charge is 0.368 e. The van der Waals surface area contributed by atoms with Crippen molar-refractivity contribution < 1.29 is 4.79 Å². The standard InChI is InChI=1S/C15H24N2O/c1-4-11-17-15(6-3,14(16)18)13-9-7-12(5-2)8-10-13/h7-10,17H,4-6,11H2,1-3H3,(H2,16,18). The van der Waals surface area contributed by atoms with Gasteiger partial charge < -0.3 is 5.73 Å². The quantitative estimate of drug-likeness (QED) is 0.778. The number of primary amides is 1. The van der Waals surface area contributed by atoms with Crippen molar-refractivity contribution in [3.8, 4) is 0 Å². The van der Waals surface area contributed by atoms with E-state index in [2.05, 4.69) is 31.3 Å². The fraction of sp³-hybridized carbons (Fsp3) is 0.533. The van der Waals surface area contributed by atoms with Gasteiger partial charge in [0.25, 0.3) is 0 Å². The van der Waals surface area contributed by atoms with Crippen LogP contribution in [-0.2, 0) is 16.8 Å². The van der Waals surface area contributed by atoms with Crippen LogP contribution < -0.4 is 11.1 Å². The molecule has 0 bridgehead atoms. The molecule has 100 valence electrons. The average Bonchev–Trinajstić information content (AvgIpc) is 2.40. The van der Waals surface area contributed by atoms with Gasteiger partial charge in [0.05, 0.1) is 0 Å². The lowest BCUT2D eigenvalue weighted by atomic mass is 9.85. The number of carbonyl (C=O) groups is 1. The maximum Gasteiger partial charge on any atom is 0.242 e. The SMILES string of the molecule is CCCNC(CC)(C(N)=O)c1ccc(CC)cc1. The minimum atomic E-state index is -0.734. The summed E-state index contributed by atoms with van der Waals surface area (Å²) in [4.78, 5) is 11.9. The molecule has 0 aliphatic carbocycles. The van der Waals surface area contributed by atoms with Crippen molar-refractivity contribution in [2.24, 2.45) is 5.73 Å². The van der Waals surface area contributed by atoms with Crippen molar-refractivity contribution >= 4 is 5.91 Å². The number of hydrogen-bond donors (Lipinski definition) is 2. The van der Waals surface area contributed by atoms with Gasteiger partial charge in [-0.15, -0.1) is 0 Å². The molecule has 0 spiro atoms. The molecule has 1 aromatic rings. The van der Waals surface area contributed by atoms with E-state index in [1.165, 1.54) is 5.56 Å². The zero-order valence-corrected chi connectivity index (χ0v) is 11.6. The van der Waals surface area contributed by atoms with Crippen molar-refractivity contribution in [3.63, 3.8) is 0 Å². The van der Waals surface area contributed by atoms with E-state index in [9.17, 15) is 4.79 Å². The second-order valence-corrected chi connectivity index (χ2v) is 4.60. The van der Waals surface area contributed by atoms with E-state index in [4.69, 9.17) is 5.73 Å². The molecule has 3 N–H and O–H groups in total. The first kappa shape index (κ1) is 14.7. The summed E-state index contributed by atoms with van der Waals surface area (Å²) in [5, 5.41) is 3.31. The lowest BCUT2D eigenvalue weighted by molar-refractivity contribution is -0.125. The lowest BCUT2D eigenvalue weighted by Gasteiger charge is -2.31. The van der Waals surface area contributed by atoms with Crippen LogP contribution in [0.5, 0.6) is 0 Å². The van der Waals surface area contributed by atoms with Gasteiger partial charge in [-0.1, -0.05) is 45.0 Å². The highest BCUT2D eigenvalue weighted by Crippen LogP contribution is 2.25. The molecule has 18 heavy (non-hydrogen) atoms. The predicted molar refractivity (Wildman–Crippen MR) is 75.3 cm³/mol. The van der Waals surface area contributed by atoms with Crippen molar-refractivity contribution in [2.75, 3.05) is 6.54 Å². The van der Waals surface area contributed by atoms with Crippen molar-refractivity contribution in [2.45, 2.75) is 45.6 Å². The summed E-state index contributed by atoms with van der Waals surface area (Å²) in [5.41, 5.74) is 7.12. The fourth-order valence-electron chi connectivity index (χ4n) is 2.20. The molecular formula is C15H24N2O. The molecule has 0 aromatic heterocycles. The van der Waals surface area contributed by atoms with Crippen LogP contribution in [-0.4, -0.2) is 12.5 Å². The first-order valence-corrected chi connectivity index (χ1v) is 6.75. The predicted octanol–water partition coefficient (Wildman–Crippen LogP) is 2.34. The Hall–Kier alpha value is -1.35. The highest BCUT2D eigenvalue weighted by molar-refractivity contribution is 5.86. The minimum absolute atomic E-state index is 0.303. The minimum Gasteiger partial charge on any atom is -0.368 e. The van der Waals surface area contributed by atoms with Crippen LogP contribution in [0.2, 0.25) is 0 Å². The monoisotopic (exact) mass is 248 g/mol. The number of aryl methyl sites for hydroxylation is 1. The Morgan fingerprint density at radius 2 is 1.83 bits per heavy atom.